The summed E-state index contributed by atoms with van der Waals surface area (Å²) < 4.78 is 0. The molecule has 1 amide bonds. The SMILES string of the molecule is CCCCc1ccc(CC(=O)NNc2cccc(Cl)c2)cc1. The van der Waals surface area contributed by atoms with Crippen LogP contribution in [0, 0.1) is 0 Å². The van der Waals surface area contributed by atoms with E-state index in [0.717, 1.165) is 17.7 Å². The molecule has 0 aliphatic rings. The molecule has 0 aromatic heterocycles. The van der Waals surface area contributed by atoms with E-state index in [0.29, 0.717) is 11.4 Å². The van der Waals surface area contributed by atoms with E-state index < -0.39 is 0 Å². The van der Waals surface area contributed by atoms with Crippen LogP contribution in [0.3, 0.4) is 0 Å². The maximum Gasteiger partial charge on any atom is 0.242 e. The van der Waals surface area contributed by atoms with E-state index >= 15 is 0 Å². The summed E-state index contributed by atoms with van der Waals surface area (Å²) in [7, 11) is 0. The van der Waals surface area contributed by atoms with Gasteiger partial charge in [0.15, 0.2) is 0 Å². The minimum atomic E-state index is -0.0821. The Hall–Kier alpha value is -2.00. The molecular weight excluding hydrogens is 296 g/mol. The number of amides is 1. The number of nitrogens with one attached hydrogen (secondary N) is 2. The monoisotopic (exact) mass is 316 g/mol. The number of aryl methyl sites for hydroxylation is 1. The van der Waals surface area contributed by atoms with E-state index in [-0.39, 0.29) is 5.91 Å². The first-order valence-electron chi connectivity index (χ1n) is 7.55. The average molecular weight is 317 g/mol. The first kappa shape index (κ1) is 16.4. The van der Waals surface area contributed by atoms with Crippen LogP contribution in [0.15, 0.2) is 48.5 Å². The van der Waals surface area contributed by atoms with E-state index in [1.807, 2.05) is 24.3 Å². The number of carbonyl (C=O) groups excluding carboxylic acids is 1. The highest BCUT2D eigenvalue weighted by atomic mass is 35.5. The van der Waals surface area contributed by atoms with Crippen molar-refractivity contribution in [2.45, 2.75) is 32.6 Å². The molecule has 0 spiro atoms. The number of hydrazine groups is 1. The fraction of sp³-hybridized carbons (Fsp3) is 0.278. The second-order valence-corrected chi connectivity index (χ2v) is 5.72. The number of halogens is 1. The molecule has 116 valence electrons. The van der Waals surface area contributed by atoms with Crippen molar-refractivity contribution in [2.24, 2.45) is 0 Å². The van der Waals surface area contributed by atoms with Crippen molar-refractivity contribution < 1.29 is 4.79 Å². The van der Waals surface area contributed by atoms with Gasteiger partial charge in [-0.25, -0.2) is 0 Å². The van der Waals surface area contributed by atoms with Gasteiger partial charge in [0.05, 0.1) is 12.1 Å². The van der Waals surface area contributed by atoms with Crippen molar-refractivity contribution >= 4 is 23.2 Å². The molecule has 4 heteroatoms. The first-order valence-corrected chi connectivity index (χ1v) is 7.93. The molecule has 2 rings (SSSR count). The van der Waals surface area contributed by atoms with Gasteiger partial charge in [0.2, 0.25) is 5.91 Å². The Morgan fingerprint density at radius 1 is 1.09 bits per heavy atom. The van der Waals surface area contributed by atoms with Crippen LogP contribution >= 0.6 is 11.6 Å². The lowest BCUT2D eigenvalue weighted by Gasteiger charge is -2.09. The molecule has 2 aromatic rings. The molecule has 3 nitrogen and oxygen atoms in total. The molecule has 0 aliphatic heterocycles. The number of hydrogen-bond acceptors (Lipinski definition) is 2. The van der Waals surface area contributed by atoms with Gasteiger partial charge in [0, 0.05) is 5.02 Å². The number of carbonyl (C=O) groups is 1. The van der Waals surface area contributed by atoms with E-state index in [4.69, 9.17) is 11.6 Å². The zero-order chi connectivity index (χ0) is 15.8. The lowest BCUT2D eigenvalue weighted by atomic mass is 10.0. The first-order chi connectivity index (χ1) is 10.7. The van der Waals surface area contributed by atoms with E-state index in [9.17, 15) is 4.79 Å². The van der Waals surface area contributed by atoms with Gasteiger partial charge in [0.25, 0.3) is 0 Å². The molecule has 0 saturated carbocycles. The second kappa shape index (κ2) is 8.44. The van der Waals surface area contributed by atoms with Crippen LogP contribution in [-0.4, -0.2) is 5.91 Å². The summed E-state index contributed by atoms with van der Waals surface area (Å²) in [5.41, 5.74) is 8.62. The third-order valence-corrected chi connectivity index (χ3v) is 3.61. The third-order valence-electron chi connectivity index (χ3n) is 3.38. The molecule has 2 aromatic carbocycles. The standard InChI is InChI=1S/C18H21ClN2O/c1-2-3-5-14-8-10-15(11-9-14)12-18(22)21-20-17-7-4-6-16(19)13-17/h4,6-11,13,20H,2-3,5,12H2,1H3,(H,21,22). The topological polar surface area (TPSA) is 41.1 Å². The lowest BCUT2D eigenvalue weighted by Crippen LogP contribution is -2.30. The summed E-state index contributed by atoms with van der Waals surface area (Å²) in [5.74, 6) is -0.0821. The minimum absolute atomic E-state index is 0.0821. The largest absolute Gasteiger partial charge is 0.299 e. The van der Waals surface area contributed by atoms with Crippen LogP contribution in [0.1, 0.15) is 30.9 Å². The van der Waals surface area contributed by atoms with Gasteiger partial charge in [-0.05, 0) is 42.2 Å². The fourth-order valence-corrected chi connectivity index (χ4v) is 2.33. The van der Waals surface area contributed by atoms with Crippen LogP contribution in [0.4, 0.5) is 5.69 Å². The highest BCUT2D eigenvalue weighted by Gasteiger charge is 2.03. The Morgan fingerprint density at radius 2 is 1.82 bits per heavy atom. The van der Waals surface area contributed by atoms with Gasteiger partial charge >= 0.3 is 0 Å². The van der Waals surface area contributed by atoms with Crippen molar-refractivity contribution in [1.82, 2.24) is 5.43 Å². The summed E-state index contributed by atoms with van der Waals surface area (Å²) in [6, 6.07) is 15.4. The summed E-state index contributed by atoms with van der Waals surface area (Å²) >= 11 is 5.89. The number of anilines is 1. The summed E-state index contributed by atoms with van der Waals surface area (Å²) in [5, 5.41) is 0.627. The molecule has 0 unspecified atom stereocenters. The van der Waals surface area contributed by atoms with Crippen LogP contribution < -0.4 is 10.9 Å². The van der Waals surface area contributed by atoms with Gasteiger partial charge in [-0.1, -0.05) is 55.3 Å². The fourth-order valence-electron chi connectivity index (χ4n) is 2.14. The zero-order valence-corrected chi connectivity index (χ0v) is 13.5. The normalized spacial score (nSPS) is 10.3. The molecule has 22 heavy (non-hydrogen) atoms. The Balaban J connectivity index is 1.81. The smallest absolute Gasteiger partial charge is 0.242 e. The predicted octanol–water partition coefficient (Wildman–Crippen LogP) is 4.37. The Labute approximate surface area is 136 Å². The number of rotatable bonds is 7. The maximum absolute atomic E-state index is 11.9. The van der Waals surface area contributed by atoms with Crippen molar-refractivity contribution in [3.8, 4) is 0 Å². The van der Waals surface area contributed by atoms with Crippen molar-refractivity contribution in [3.63, 3.8) is 0 Å². The molecule has 0 heterocycles. The van der Waals surface area contributed by atoms with E-state index in [1.165, 1.54) is 18.4 Å². The summed E-state index contributed by atoms with van der Waals surface area (Å²) in [6.07, 6.45) is 3.84. The van der Waals surface area contributed by atoms with Gasteiger partial charge in [-0.2, -0.15) is 0 Å². The summed E-state index contributed by atoms with van der Waals surface area (Å²) in [6.45, 7) is 2.19. The van der Waals surface area contributed by atoms with Crippen LogP contribution in [0.2, 0.25) is 5.02 Å². The molecule has 0 fully saturated rings. The molecule has 0 aliphatic carbocycles. The van der Waals surface area contributed by atoms with Crippen LogP contribution in [-0.2, 0) is 17.6 Å². The molecule has 0 radical (unpaired) electrons. The second-order valence-electron chi connectivity index (χ2n) is 5.28. The molecule has 0 atom stereocenters. The number of hydrogen-bond donors (Lipinski definition) is 2. The zero-order valence-electron chi connectivity index (χ0n) is 12.7. The number of benzene rings is 2. The van der Waals surface area contributed by atoms with Crippen molar-refractivity contribution in [1.29, 1.82) is 0 Å². The average Bonchev–Trinajstić information content (AvgIpc) is 2.52. The third kappa shape index (κ3) is 5.41. The Kier molecular flexibility index (Phi) is 6.28. The maximum atomic E-state index is 11.9. The molecule has 0 saturated heterocycles. The van der Waals surface area contributed by atoms with Gasteiger partial charge in [-0.15, -0.1) is 0 Å². The van der Waals surface area contributed by atoms with Gasteiger partial charge in [0.1, 0.15) is 0 Å². The summed E-state index contributed by atoms with van der Waals surface area (Å²) in [4.78, 5) is 11.9. The number of unbranched alkanes of at least 4 members (excludes halogenated alkanes) is 1. The quantitative estimate of drug-likeness (QED) is 0.745. The molecular formula is C18H21ClN2O. The Bertz CT molecular complexity index is 611. The predicted molar refractivity (Wildman–Crippen MR) is 92.0 cm³/mol. The van der Waals surface area contributed by atoms with Crippen LogP contribution in [0.5, 0.6) is 0 Å². The molecule has 0 bridgehead atoms. The van der Waals surface area contributed by atoms with E-state index in [1.54, 1.807) is 12.1 Å². The van der Waals surface area contributed by atoms with Crippen molar-refractivity contribution in [2.75, 3.05) is 5.43 Å². The highest BCUT2D eigenvalue weighted by molar-refractivity contribution is 6.30. The highest BCUT2D eigenvalue weighted by Crippen LogP contribution is 2.14. The lowest BCUT2D eigenvalue weighted by molar-refractivity contribution is -0.119. The van der Waals surface area contributed by atoms with Crippen LogP contribution in [0.25, 0.3) is 0 Å². The Morgan fingerprint density at radius 3 is 2.50 bits per heavy atom. The van der Waals surface area contributed by atoms with E-state index in [2.05, 4.69) is 29.9 Å². The van der Waals surface area contributed by atoms with Gasteiger partial charge in [-0.3, -0.25) is 15.6 Å². The molecule has 2 N–H and O–H groups in total. The minimum Gasteiger partial charge on any atom is -0.299 e. The van der Waals surface area contributed by atoms with Crippen molar-refractivity contribution in [3.05, 3.63) is 64.7 Å². The van der Waals surface area contributed by atoms with Gasteiger partial charge < -0.3 is 0 Å².